The molecular weight excluding hydrogens is 248 g/mol. The Morgan fingerprint density at radius 3 is 2.80 bits per heavy atom. The quantitative estimate of drug-likeness (QED) is 0.878. The molecule has 2 N–H and O–H groups in total. The third kappa shape index (κ3) is 2.36. The molecule has 2 unspecified atom stereocenters. The second-order valence-electron chi connectivity index (χ2n) is 6.26. The second-order valence-corrected chi connectivity index (χ2v) is 6.26. The van der Waals surface area contributed by atoms with Gasteiger partial charge in [-0.1, -0.05) is 18.2 Å². The van der Waals surface area contributed by atoms with Crippen LogP contribution in [-0.2, 0) is 0 Å². The molecular formula is C17H24N2O. The van der Waals surface area contributed by atoms with Gasteiger partial charge in [0.15, 0.2) is 0 Å². The van der Waals surface area contributed by atoms with Crippen LogP contribution in [0.25, 0.3) is 10.9 Å². The number of nitrogens with one attached hydrogen (secondary N) is 1. The summed E-state index contributed by atoms with van der Waals surface area (Å²) in [6.07, 6.45) is 3.19. The standard InChI is InChI=1S/C17H24N2O/c1-19(2)11-13-10-12(6-5-9-20)17-16(13)14-7-3-4-8-15(14)18-17/h3-4,7-8,12-13,18,20H,5-6,9-11H2,1-2H3. The molecule has 0 radical (unpaired) electrons. The highest BCUT2D eigenvalue weighted by atomic mass is 16.2. The zero-order valence-electron chi connectivity index (χ0n) is 12.4. The Labute approximate surface area is 120 Å². The predicted molar refractivity (Wildman–Crippen MR) is 83.3 cm³/mol. The highest BCUT2D eigenvalue weighted by Crippen LogP contribution is 2.47. The molecule has 0 aliphatic heterocycles. The number of aromatic amines is 1. The third-order valence-corrected chi connectivity index (χ3v) is 4.46. The first kappa shape index (κ1) is 13.7. The molecule has 2 atom stereocenters. The maximum atomic E-state index is 9.11. The summed E-state index contributed by atoms with van der Waals surface area (Å²) < 4.78 is 0. The highest BCUT2D eigenvalue weighted by molar-refractivity contribution is 5.86. The van der Waals surface area contributed by atoms with Gasteiger partial charge in [0.2, 0.25) is 0 Å². The van der Waals surface area contributed by atoms with Gasteiger partial charge in [-0.3, -0.25) is 0 Å². The molecule has 0 saturated heterocycles. The van der Waals surface area contributed by atoms with E-state index < -0.39 is 0 Å². The Hall–Kier alpha value is -1.32. The van der Waals surface area contributed by atoms with E-state index >= 15 is 0 Å². The van der Waals surface area contributed by atoms with Crippen molar-refractivity contribution in [1.82, 2.24) is 9.88 Å². The molecule has 3 heteroatoms. The summed E-state index contributed by atoms with van der Waals surface area (Å²) in [6, 6.07) is 8.63. The van der Waals surface area contributed by atoms with E-state index in [0.29, 0.717) is 18.4 Å². The lowest BCUT2D eigenvalue weighted by Gasteiger charge is -2.18. The van der Waals surface area contributed by atoms with E-state index in [9.17, 15) is 0 Å². The van der Waals surface area contributed by atoms with Gasteiger partial charge < -0.3 is 15.0 Å². The number of benzene rings is 1. The topological polar surface area (TPSA) is 39.3 Å². The molecule has 0 amide bonds. The number of fused-ring (bicyclic) bond motifs is 3. The first-order valence-corrected chi connectivity index (χ1v) is 7.56. The molecule has 1 heterocycles. The van der Waals surface area contributed by atoms with Gasteiger partial charge >= 0.3 is 0 Å². The fourth-order valence-corrected chi connectivity index (χ4v) is 3.73. The monoisotopic (exact) mass is 272 g/mol. The molecule has 3 rings (SSSR count). The van der Waals surface area contributed by atoms with E-state index in [1.54, 1.807) is 0 Å². The third-order valence-electron chi connectivity index (χ3n) is 4.46. The number of aromatic nitrogens is 1. The summed E-state index contributed by atoms with van der Waals surface area (Å²) >= 11 is 0. The summed E-state index contributed by atoms with van der Waals surface area (Å²) in [5, 5.41) is 10.5. The van der Waals surface area contributed by atoms with Crippen LogP contribution in [0.3, 0.4) is 0 Å². The molecule has 1 aliphatic rings. The van der Waals surface area contributed by atoms with E-state index in [1.807, 2.05) is 0 Å². The van der Waals surface area contributed by atoms with Crippen molar-refractivity contribution in [3.63, 3.8) is 0 Å². The number of rotatable bonds is 5. The Morgan fingerprint density at radius 1 is 1.25 bits per heavy atom. The van der Waals surface area contributed by atoms with Crippen molar-refractivity contribution >= 4 is 10.9 Å². The first-order chi connectivity index (χ1) is 9.70. The number of para-hydroxylation sites is 1. The van der Waals surface area contributed by atoms with Crippen LogP contribution in [0.5, 0.6) is 0 Å². The van der Waals surface area contributed by atoms with E-state index in [-0.39, 0.29) is 0 Å². The van der Waals surface area contributed by atoms with Crippen LogP contribution < -0.4 is 0 Å². The zero-order chi connectivity index (χ0) is 14.1. The molecule has 3 nitrogen and oxygen atoms in total. The van der Waals surface area contributed by atoms with Gasteiger partial charge in [-0.2, -0.15) is 0 Å². The minimum Gasteiger partial charge on any atom is -0.396 e. The molecule has 0 saturated carbocycles. The van der Waals surface area contributed by atoms with Crippen molar-refractivity contribution in [3.05, 3.63) is 35.5 Å². The average molecular weight is 272 g/mol. The second kappa shape index (κ2) is 5.58. The normalized spacial score (nSPS) is 21.8. The van der Waals surface area contributed by atoms with Gasteiger partial charge in [0.25, 0.3) is 0 Å². The molecule has 2 aromatic rings. The lowest BCUT2D eigenvalue weighted by molar-refractivity contribution is 0.277. The number of aliphatic hydroxyl groups excluding tert-OH is 1. The van der Waals surface area contributed by atoms with Crippen molar-refractivity contribution in [2.75, 3.05) is 27.2 Å². The lowest BCUT2D eigenvalue weighted by Crippen LogP contribution is -2.19. The SMILES string of the molecule is CN(C)CC1CC(CCCO)c2[nH]c3ccccc3c21. The first-order valence-electron chi connectivity index (χ1n) is 7.56. The Morgan fingerprint density at radius 2 is 2.05 bits per heavy atom. The molecule has 0 fully saturated rings. The number of aliphatic hydroxyl groups is 1. The smallest absolute Gasteiger partial charge is 0.0459 e. The summed E-state index contributed by atoms with van der Waals surface area (Å²) in [4.78, 5) is 5.92. The van der Waals surface area contributed by atoms with Crippen LogP contribution in [0.2, 0.25) is 0 Å². The van der Waals surface area contributed by atoms with E-state index in [1.165, 1.54) is 28.6 Å². The highest BCUT2D eigenvalue weighted by Gasteiger charge is 2.34. The summed E-state index contributed by atoms with van der Waals surface area (Å²) in [5.41, 5.74) is 4.21. The Kier molecular flexibility index (Phi) is 3.81. The number of hydrogen-bond donors (Lipinski definition) is 2. The molecule has 108 valence electrons. The average Bonchev–Trinajstić information content (AvgIpc) is 2.94. The van der Waals surface area contributed by atoms with Gasteiger partial charge in [-0.05, 0) is 50.9 Å². The van der Waals surface area contributed by atoms with Crippen LogP contribution in [0.4, 0.5) is 0 Å². The van der Waals surface area contributed by atoms with Crippen LogP contribution in [0.1, 0.15) is 42.4 Å². The molecule has 20 heavy (non-hydrogen) atoms. The van der Waals surface area contributed by atoms with Gasteiger partial charge in [-0.25, -0.2) is 0 Å². The van der Waals surface area contributed by atoms with E-state index in [2.05, 4.69) is 48.2 Å². The molecule has 0 spiro atoms. The minimum absolute atomic E-state index is 0.296. The zero-order valence-corrected chi connectivity index (χ0v) is 12.4. The summed E-state index contributed by atoms with van der Waals surface area (Å²) in [6.45, 7) is 1.40. The van der Waals surface area contributed by atoms with Crippen LogP contribution >= 0.6 is 0 Å². The molecule has 1 aromatic carbocycles. The number of hydrogen-bond acceptors (Lipinski definition) is 2. The number of H-pyrrole nitrogens is 1. The van der Waals surface area contributed by atoms with Crippen LogP contribution in [0, 0.1) is 0 Å². The van der Waals surface area contributed by atoms with Gasteiger partial charge in [0.1, 0.15) is 0 Å². The van der Waals surface area contributed by atoms with E-state index in [0.717, 1.165) is 19.4 Å². The van der Waals surface area contributed by atoms with Gasteiger partial charge in [0.05, 0.1) is 0 Å². The predicted octanol–water partition coefficient (Wildman–Crippen LogP) is 3.07. The summed E-state index contributed by atoms with van der Waals surface area (Å²) in [7, 11) is 4.30. The number of nitrogens with zero attached hydrogens (tertiary/aromatic N) is 1. The van der Waals surface area contributed by atoms with Gasteiger partial charge in [-0.15, -0.1) is 0 Å². The maximum absolute atomic E-state index is 9.11. The van der Waals surface area contributed by atoms with Crippen LogP contribution in [-0.4, -0.2) is 42.2 Å². The van der Waals surface area contributed by atoms with Crippen molar-refractivity contribution in [3.8, 4) is 0 Å². The maximum Gasteiger partial charge on any atom is 0.0459 e. The Bertz CT molecular complexity index is 588. The van der Waals surface area contributed by atoms with Crippen molar-refractivity contribution in [2.45, 2.75) is 31.1 Å². The largest absolute Gasteiger partial charge is 0.396 e. The van der Waals surface area contributed by atoms with Crippen molar-refractivity contribution < 1.29 is 5.11 Å². The van der Waals surface area contributed by atoms with Crippen molar-refractivity contribution in [2.24, 2.45) is 0 Å². The molecule has 0 bridgehead atoms. The van der Waals surface area contributed by atoms with Crippen LogP contribution in [0.15, 0.2) is 24.3 Å². The molecule has 1 aliphatic carbocycles. The van der Waals surface area contributed by atoms with Crippen molar-refractivity contribution in [1.29, 1.82) is 0 Å². The fraction of sp³-hybridized carbons (Fsp3) is 0.529. The number of likely N-dealkylation sites (N-methyl/N-ethyl adjacent to an activating group) is 1. The Balaban J connectivity index is 2.00. The van der Waals surface area contributed by atoms with Gasteiger partial charge in [0, 0.05) is 35.7 Å². The molecule has 1 aromatic heterocycles. The fourth-order valence-electron chi connectivity index (χ4n) is 3.73. The summed E-state index contributed by atoms with van der Waals surface area (Å²) in [5.74, 6) is 1.19. The minimum atomic E-state index is 0.296. The van der Waals surface area contributed by atoms with E-state index in [4.69, 9.17) is 5.11 Å². The lowest BCUT2D eigenvalue weighted by atomic mass is 9.96.